The predicted molar refractivity (Wildman–Crippen MR) is 93.4 cm³/mol. The van der Waals surface area contributed by atoms with Crippen LogP contribution in [-0.2, 0) is 11.8 Å². The molecule has 1 saturated carbocycles. The van der Waals surface area contributed by atoms with Gasteiger partial charge in [0.1, 0.15) is 0 Å². The molecule has 1 saturated heterocycles. The normalized spacial score (nSPS) is 26.5. The lowest BCUT2D eigenvalue weighted by atomic mass is 9.64. The average molecular weight is 297 g/mol. The fourth-order valence-electron chi connectivity index (χ4n) is 5.47. The van der Waals surface area contributed by atoms with Crippen molar-refractivity contribution in [3.8, 4) is 0 Å². The third-order valence-electron chi connectivity index (χ3n) is 6.79. The Labute approximate surface area is 136 Å². The summed E-state index contributed by atoms with van der Waals surface area (Å²) < 4.78 is 0. The Kier molecular flexibility index (Phi) is 4.26. The molecule has 2 fully saturated rings. The molecule has 0 N–H and O–H groups in total. The van der Waals surface area contributed by atoms with Crippen molar-refractivity contribution in [3.63, 3.8) is 0 Å². The molecule has 1 heteroatoms. The first-order valence-electron chi connectivity index (χ1n) is 9.70. The van der Waals surface area contributed by atoms with Crippen LogP contribution >= 0.6 is 0 Å². The minimum absolute atomic E-state index is 0.524. The Balaban J connectivity index is 1.47. The van der Waals surface area contributed by atoms with Crippen molar-refractivity contribution >= 4 is 0 Å². The molecule has 1 aromatic carbocycles. The second-order valence-electron chi connectivity index (χ2n) is 7.97. The molecule has 3 aliphatic rings. The zero-order valence-corrected chi connectivity index (χ0v) is 14.0. The Hall–Kier alpha value is -0.820. The van der Waals surface area contributed by atoms with E-state index < -0.39 is 0 Å². The molecule has 120 valence electrons. The van der Waals surface area contributed by atoms with Gasteiger partial charge in [-0.1, -0.05) is 49.9 Å². The highest BCUT2D eigenvalue weighted by Crippen LogP contribution is 2.45. The lowest BCUT2D eigenvalue weighted by Crippen LogP contribution is -2.48. The first-order valence-corrected chi connectivity index (χ1v) is 9.70. The highest BCUT2D eigenvalue weighted by atomic mass is 15.2. The third kappa shape index (κ3) is 2.73. The first-order chi connectivity index (χ1) is 10.9. The molecule has 1 spiro atoms. The summed E-state index contributed by atoms with van der Waals surface area (Å²) in [7, 11) is 0. The van der Waals surface area contributed by atoms with Crippen LogP contribution in [0.2, 0.25) is 0 Å². The first kappa shape index (κ1) is 14.8. The van der Waals surface area contributed by atoms with Crippen molar-refractivity contribution in [3.05, 3.63) is 35.4 Å². The summed E-state index contributed by atoms with van der Waals surface area (Å²) in [5.74, 6) is 0. The van der Waals surface area contributed by atoms with Crippen LogP contribution in [-0.4, -0.2) is 24.0 Å². The molecule has 1 nitrogen and oxygen atoms in total. The van der Waals surface area contributed by atoms with Crippen molar-refractivity contribution in [2.75, 3.05) is 13.1 Å². The maximum absolute atomic E-state index is 2.85. The van der Waals surface area contributed by atoms with Crippen LogP contribution < -0.4 is 0 Å². The van der Waals surface area contributed by atoms with Gasteiger partial charge in [0.25, 0.3) is 0 Å². The van der Waals surface area contributed by atoms with E-state index in [1.54, 1.807) is 11.1 Å². The number of rotatable bonds is 1. The smallest absolute Gasteiger partial charge is 0.00952 e. The van der Waals surface area contributed by atoms with E-state index >= 15 is 0 Å². The summed E-state index contributed by atoms with van der Waals surface area (Å²) in [6.07, 6.45) is 15.8. The van der Waals surface area contributed by atoms with Crippen LogP contribution in [0.4, 0.5) is 0 Å². The minimum atomic E-state index is 0.524. The average Bonchev–Trinajstić information content (AvgIpc) is 2.86. The third-order valence-corrected chi connectivity index (χ3v) is 6.79. The minimum Gasteiger partial charge on any atom is -0.300 e. The van der Waals surface area contributed by atoms with Crippen LogP contribution in [0.5, 0.6) is 0 Å². The zero-order valence-electron chi connectivity index (χ0n) is 14.0. The van der Waals surface area contributed by atoms with E-state index in [9.17, 15) is 0 Å². The van der Waals surface area contributed by atoms with Gasteiger partial charge in [-0.05, 0) is 74.6 Å². The number of benzene rings is 1. The van der Waals surface area contributed by atoms with E-state index in [2.05, 4.69) is 29.2 Å². The summed E-state index contributed by atoms with van der Waals surface area (Å²) in [6.45, 7) is 2.69. The van der Waals surface area contributed by atoms with Gasteiger partial charge in [-0.15, -0.1) is 0 Å². The zero-order chi connectivity index (χ0) is 14.8. The molecule has 0 bridgehead atoms. The number of hydrogen-bond donors (Lipinski definition) is 0. The molecule has 4 rings (SSSR count). The van der Waals surface area contributed by atoms with Crippen LogP contribution in [0, 0.1) is 0 Å². The van der Waals surface area contributed by atoms with E-state index in [0.29, 0.717) is 5.41 Å². The molecule has 2 aliphatic carbocycles. The van der Waals surface area contributed by atoms with Gasteiger partial charge in [-0.25, -0.2) is 0 Å². The molecule has 1 aromatic rings. The maximum Gasteiger partial charge on any atom is 0.00952 e. The molecule has 0 radical (unpaired) electrons. The number of nitrogens with zero attached hydrogens (tertiary/aromatic N) is 1. The number of piperidine rings is 1. The molecular weight excluding hydrogens is 266 g/mol. The Bertz CT molecular complexity index is 490. The molecule has 1 heterocycles. The maximum atomic E-state index is 2.85. The lowest BCUT2D eigenvalue weighted by Gasteiger charge is -2.47. The number of fused-ring (bicyclic) bond motifs is 2. The summed E-state index contributed by atoms with van der Waals surface area (Å²) in [4.78, 5) is 2.85. The number of likely N-dealkylation sites (tertiary alicyclic amines) is 1. The molecule has 0 aromatic heterocycles. The largest absolute Gasteiger partial charge is 0.300 e. The van der Waals surface area contributed by atoms with Crippen LogP contribution in [0.1, 0.15) is 75.3 Å². The summed E-state index contributed by atoms with van der Waals surface area (Å²) in [6, 6.07) is 10.2. The summed E-state index contributed by atoms with van der Waals surface area (Å²) in [5.41, 5.74) is 3.88. The van der Waals surface area contributed by atoms with Crippen LogP contribution in [0.3, 0.4) is 0 Å². The van der Waals surface area contributed by atoms with Crippen molar-refractivity contribution in [2.24, 2.45) is 0 Å². The topological polar surface area (TPSA) is 3.24 Å². The van der Waals surface area contributed by atoms with Crippen LogP contribution in [0.25, 0.3) is 0 Å². The molecule has 0 atom stereocenters. The molecule has 0 amide bonds. The van der Waals surface area contributed by atoms with E-state index in [-0.39, 0.29) is 0 Å². The van der Waals surface area contributed by atoms with E-state index in [1.165, 1.54) is 83.7 Å². The van der Waals surface area contributed by atoms with Gasteiger partial charge in [0.15, 0.2) is 0 Å². The second-order valence-corrected chi connectivity index (χ2v) is 7.97. The quantitative estimate of drug-likeness (QED) is 0.653. The lowest BCUT2D eigenvalue weighted by molar-refractivity contribution is 0.0967. The Morgan fingerprint density at radius 1 is 0.818 bits per heavy atom. The Morgan fingerprint density at radius 2 is 1.55 bits per heavy atom. The van der Waals surface area contributed by atoms with Gasteiger partial charge < -0.3 is 4.90 Å². The summed E-state index contributed by atoms with van der Waals surface area (Å²) in [5, 5.41) is 0. The number of aryl methyl sites for hydroxylation is 1. The van der Waals surface area contributed by atoms with Gasteiger partial charge >= 0.3 is 0 Å². The Morgan fingerprint density at radius 3 is 2.32 bits per heavy atom. The highest BCUT2D eigenvalue weighted by molar-refractivity contribution is 5.37. The SMILES string of the molecule is c1ccc2c(c1)CCCC21CCN(C2CCCCCC2)CC1. The van der Waals surface area contributed by atoms with Gasteiger partial charge in [0, 0.05) is 6.04 Å². The van der Waals surface area contributed by atoms with Gasteiger partial charge in [-0.3, -0.25) is 0 Å². The fourth-order valence-corrected chi connectivity index (χ4v) is 5.47. The standard InChI is InChI=1S/C21H31N/c1-2-4-11-19(10-3-1)22-16-14-21(15-17-22)13-7-9-18-8-5-6-12-20(18)21/h5-6,8,12,19H,1-4,7,9-11,13-17H2. The second kappa shape index (κ2) is 6.35. The van der Waals surface area contributed by atoms with Crippen molar-refractivity contribution < 1.29 is 0 Å². The molecule has 22 heavy (non-hydrogen) atoms. The van der Waals surface area contributed by atoms with Crippen molar-refractivity contribution in [1.82, 2.24) is 4.90 Å². The predicted octanol–water partition coefficient (Wildman–Crippen LogP) is 5.08. The fraction of sp³-hybridized carbons (Fsp3) is 0.714. The molecular formula is C21H31N. The van der Waals surface area contributed by atoms with Crippen molar-refractivity contribution in [2.45, 2.75) is 82.1 Å². The number of hydrogen-bond acceptors (Lipinski definition) is 1. The van der Waals surface area contributed by atoms with Gasteiger partial charge in [0.2, 0.25) is 0 Å². The van der Waals surface area contributed by atoms with E-state index in [4.69, 9.17) is 0 Å². The van der Waals surface area contributed by atoms with E-state index in [0.717, 1.165) is 6.04 Å². The summed E-state index contributed by atoms with van der Waals surface area (Å²) >= 11 is 0. The highest BCUT2D eigenvalue weighted by Gasteiger charge is 2.40. The monoisotopic (exact) mass is 297 g/mol. The molecule has 0 unspecified atom stereocenters. The van der Waals surface area contributed by atoms with Crippen molar-refractivity contribution in [1.29, 1.82) is 0 Å². The molecule has 1 aliphatic heterocycles. The van der Waals surface area contributed by atoms with Gasteiger partial charge in [0.05, 0.1) is 0 Å². The van der Waals surface area contributed by atoms with Crippen LogP contribution in [0.15, 0.2) is 24.3 Å². The van der Waals surface area contributed by atoms with Gasteiger partial charge in [-0.2, -0.15) is 0 Å². The van der Waals surface area contributed by atoms with E-state index in [1.807, 2.05) is 0 Å².